The summed E-state index contributed by atoms with van der Waals surface area (Å²) in [6.45, 7) is -0.767. The molecule has 0 spiro atoms. The zero-order valence-corrected chi connectivity index (χ0v) is 10.3. The third kappa shape index (κ3) is 5.07. The predicted octanol–water partition coefficient (Wildman–Crippen LogP) is -0.546. The molecular formula is C12H14N2O5. The van der Waals surface area contributed by atoms with Crippen molar-refractivity contribution >= 4 is 17.8 Å². The Balaban J connectivity index is 2.42. The quantitative estimate of drug-likeness (QED) is 0.672. The van der Waals surface area contributed by atoms with Gasteiger partial charge in [0.1, 0.15) is 5.75 Å². The van der Waals surface area contributed by atoms with E-state index in [1.54, 1.807) is 12.1 Å². The average Bonchev–Trinajstić information content (AvgIpc) is 2.42. The zero-order chi connectivity index (χ0) is 14.3. The standard InChI is InChI=1S/C12H14N2O5/c1-18-9-4-2-8(3-5-9)12(17)19-7-11(16)14-6-10(13)15/h2-5H,6-7H2,1H3,(H2,13,15)(H,14,16). The second-order valence-corrected chi connectivity index (χ2v) is 3.55. The fraction of sp³-hybridized carbons (Fsp3) is 0.250. The molecule has 0 saturated heterocycles. The lowest BCUT2D eigenvalue weighted by molar-refractivity contribution is -0.127. The number of rotatable bonds is 6. The Hall–Kier alpha value is -2.57. The molecule has 0 radical (unpaired) electrons. The molecule has 7 nitrogen and oxygen atoms in total. The molecule has 1 aromatic rings. The van der Waals surface area contributed by atoms with Gasteiger partial charge in [-0.05, 0) is 24.3 Å². The van der Waals surface area contributed by atoms with Crippen LogP contribution in [0.5, 0.6) is 5.75 Å². The summed E-state index contributed by atoms with van der Waals surface area (Å²) in [5, 5.41) is 2.20. The Labute approximate surface area is 109 Å². The van der Waals surface area contributed by atoms with Crippen molar-refractivity contribution in [2.75, 3.05) is 20.3 Å². The summed E-state index contributed by atoms with van der Waals surface area (Å²) in [7, 11) is 1.51. The first-order valence-electron chi connectivity index (χ1n) is 5.39. The average molecular weight is 266 g/mol. The van der Waals surface area contributed by atoms with Crippen LogP contribution in [0.4, 0.5) is 0 Å². The molecule has 102 valence electrons. The highest BCUT2D eigenvalue weighted by atomic mass is 16.5. The normalized spacial score (nSPS) is 9.53. The van der Waals surface area contributed by atoms with E-state index >= 15 is 0 Å². The van der Waals surface area contributed by atoms with Crippen molar-refractivity contribution < 1.29 is 23.9 Å². The fourth-order valence-electron chi connectivity index (χ4n) is 1.18. The third-order valence-corrected chi connectivity index (χ3v) is 2.12. The molecule has 0 atom stereocenters. The van der Waals surface area contributed by atoms with E-state index in [1.807, 2.05) is 0 Å². The minimum absolute atomic E-state index is 0.293. The van der Waals surface area contributed by atoms with E-state index in [2.05, 4.69) is 5.32 Å². The maximum Gasteiger partial charge on any atom is 0.338 e. The van der Waals surface area contributed by atoms with Crippen molar-refractivity contribution in [3.05, 3.63) is 29.8 Å². The second-order valence-electron chi connectivity index (χ2n) is 3.55. The van der Waals surface area contributed by atoms with Crippen LogP contribution in [0.25, 0.3) is 0 Å². The second kappa shape index (κ2) is 7.00. The van der Waals surface area contributed by atoms with E-state index in [0.29, 0.717) is 11.3 Å². The van der Waals surface area contributed by atoms with Gasteiger partial charge in [-0.25, -0.2) is 4.79 Å². The first kappa shape index (κ1) is 14.5. The first-order valence-corrected chi connectivity index (χ1v) is 5.39. The van der Waals surface area contributed by atoms with Gasteiger partial charge < -0.3 is 20.5 Å². The van der Waals surface area contributed by atoms with Crippen molar-refractivity contribution in [2.45, 2.75) is 0 Å². The molecule has 0 aliphatic carbocycles. The van der Waals surface area contributed by atoms with Gasteiger partial charge in [-0.2, -0.15) is 0 Å². The highest BCUT2D eigenvalue weighted by Crippen LogP contribution is 2.11. The number of hydrogen-bond donors (Lipinski definition) is 2. The van der Waals surface area contributed by atoms with Gasteiger partial charge in [0.2, 0.25) is 5.91 Å². The van der Waals surface area contributed by atoms with Crippen LogP contribution in [0.15, 0.2) is 24.3 Å². The Morgan fingerprint density at radius 1 is 1.21 bits per heavy atom. The fourth-order valence-corrected chi connectivity index (χ4v) is 1.18. The maximum absolute atomic E-state index is 11.6. The predicted molar refractivity (Wildman–Crippen MR) is 65.5 cm³/mol. The topological polar surface area (TPSA) is 108 Å². The smallest absolute Gasteiger partial charge is 0.338 e. The number of nitrogens with two attached hydrogens (primary N) is 1. The molecule has 3 N–H and O–H groups in total. The van der Waals surface area contributed by atoms with Crippen molar-refractivity contribution in [1.29, 1.82) is 0 Å². The Morgan fingerprint density at radius 2 is 1.84 bits per heavy atom. The third-order valence-electron chi connectivity index (χ3n) is 2.12. The molecule has 0 bridgehead atoms. The molecule has 19 heavy (non-hydrogen) atoms. The Morgan fingerprint density at radius 3 is 2.37 bits per heavy atom. The molecule has 2 amide bonds. The van der Waals surface area contributed by atoms with Crippen LogP contribution in [0.2, 0.25) is 0 Å². The van der Waals surface area contributed by atoms with Crippen LogP contribution in [0.3, 0.4) is 0 Å². The van der Waals surface area contributed by atoms with Crippen molar-refractivity contribution in [3.63, 3.8) is 0 Å². The lowest BCUT2D eigenvalue weighted by Crippen LogP contribution is -2.35. The minimum Gasteiger partial charge on any atom is -0.497 e. The molecule has 1 aromatic carbocycles. The molecule has 0 heterocycles. The molecule has 0 unspecified atom stereocenters. The number of carbonyl (C=O) groups excluding carboxylic acids is 3. The van der Waals surface area contributed by atoms with Crippen molar-refractivity contribution in [2.24, 2.45) is 5.73 Å². The number of ether oxygens (including phenoxy) is 2. The van der Waals surface area contributed by atoms with Gasteiger partial charge in [0.05, 0.1) is 19.2 Å². The minimum atomic E-state index is -0.671. The van der Waals surface area contributed by atoms with Crippen LogP contribution < -0.4 is 15.8 Å². The highest BCUT2D eigenvalue weighted by molar-refractivity contribution is 5.92. The number of methoxy groups -OCH3 is 1. The summed E-state index contributed by atoms with van der Waals surface area (Å²) in [6.07, 6.45) is 0. The maximum atomic E-state index is 11.6. The molecule has 7 heteroatoms. The highest BCUT2D eigenvalue weighted by Gasteiger charge is 2.10. The lowest BCUT2D eigenvalue weighted by Gasteiger charge is -2.05. The molecule has 0 fully saturated rings. The Bertz CT molecular complexity index is 470. The monoisotopic (exact) mass is 266 g/mol. The van der Waals surface area contributed by atoms with Gasteiger partial charge >= 0.3 is 5.97 Å². The summed E-state index contributed by atoms with van der Waals surface area (Å²) in [6, 6.07) is 6.23. The van der Waals surface area contributed by atoms with Gasteiger partial charge in [-0.15, -0.1) is 0 Å². The van der Waals surface area contributed by atoms with Gasteiger partial charge in [0, 0.05) is 0 Å². The summed E-state index contributed by atoms with van der Waals surface area (Å²) >= 11 is 0. The van der Waals surface area contributed by atoms with Crippen LogP contribution in [-0.4, -0.2) is 38.0 Å². The number of esters is 1. The first-order chi connectivity index (χ1) is 9.02. The number of amides is 2. The summed E-state index contributed by atoms with van der Waals surface area (Å²) < 4.78 is 9.69. The molecule has 0 aliphatic heterocycles. The summed E-state index contributed by atoms with van der Waals surface area (Å²) in [4.78, 5) is 33.1. The SMILES string of the molecule is COc1ccc(C(=O)OCC(=O)NCC(N)=O)cc1. The summed E-state index contributed by atoms with van der Waals surface area (Å²) in [5.41, 5.74) is 5.14. The zero-order valence-electron chi connectivity index (χ0n) is 10.3. The number of carbonyl (C=O) groups is 3. The van der Waals surface area contributed by atoms with Crippen molar-refractivity contribution in [3.8, 4) is 5.75 Å². The number of nitrogens with one attached hydrogen (secondary N) is 1. The number of primary amides is 1. The van der Waals surface area contributed by atoms with Crippen LogP contribution >= 0.6 is 0 Å². The van der Waals surface area contributed by atoms with Crippen LogP contribution in [0.1, 0.15) is 10.4 Å². The van der Waals surface area contributed by atoms with Gasteiger partial charge in [-0.3, -0.25) is 9.59 Å². The number of benzene rings is 1. The van der Waals surface area contributed by atoms with E-state index in [4.69, 9.17) is 15.2 Å². The molecule has 1 rings (SSSR count). The van der Waals surface area contributed by atoms with Gasteiger partial charge in [0.15, 0.2) is 6.61 Å². The largest absolute Gasteiger partial charge is 0.497 e. The molecule has 0 aliphatic rings. The van der Waals surface area contributed by atoms with Crippen LogP contribution in [0, 0.1) is 0 Å². The molecule has 0 saturated carbocycles. The van der Waals surface area contributed by atoms with E-state index in [9.17, 15) is 14.4 Å². The number of hydrogen-bond acceptors (Lipinski definition) is 5. The van der Waals surface area contributed by atoms with Gasteiger partial charge in [-0.1, -0.05) is 0 Å². The van der Waals surface area contributed by atoms with Crippen molar-refractivity contribution in [1.82, 2.24) is 5.32 Å². The van der Waals surface area contributed by atoms with Crippen LogP contribution in [-0.2, 0) is 14.3 Å². The lowest BCUT2D eigenvalue weighted by atomic mass is 10.2. The Kier molecular flexibility index (Phi) is 5.34. The molecule has 0 aromatic heterocycles. The van der Waals surface area contributed by atoms with Gasteiger partial charge in [0.25, 0.3) is 5.91 Å². The molecular weight excluding hydrogens is 252 g/mol. The van der Waals surface area contributed by atoms with E-state index in [-0.39, 0.29) is 6.54 Å². The van der Waals surface area contributed by atoms with E-state index in [1.165, 1.54) is 19.2 Å². The van der Waals surface area contributed by atoms with E-state index < -0.39 is 24.4 Å². The summed E-state index contributed by atoms with van der Waals surface area (Å²) in [5.74, 6) is -1.30. The van der Waals surface area contributed by atoms with E-state index in [0.717, 1.165) is 0 Å².